The number of hydrogen-bond acceptors (Lipinski definition) is 4. The van der Waals surface area contributed by atoms with Crippen LogP contribution in [0, 0.1) is 5.92 Å². The van der Waals surface area contributed by atoms with Crippen molar-refractivity contribution in [1.29, 1.82) is 0 Å². The highest BCUT2D eigenvalue weighted by molar-refractivity contribution is 5.92. The highest BCUT2D eigenvalue weighted by Crippen LogP contribution is 2.22. The van der Waals surface area contributed by atoms with Crippen LogP contribution < -0.4 is 5.32 Å². The molecule has 24 heavy (non-hydrogen) atoms. The average molecular weight is 334 g/mol. The predicted octanol–water partition coefficient (Wildman–Crippen LogP) is 2.69. The summed E-state index contributed by atoms with van der Waals surface area (Å²) in [6.07, 6.45) is 5.95. The SMILES string of the molecule is CC1=CC/C(=C\NCC2CN(C(=O)OC(C)(C)C)C2)C=C1C(=O)O. The number of carboxylic acids is 1. The number of carbonyl (C=O) groups is 2. The largest absolute Gasteiger partial charge is 0.478 e. The van der Waals surface area contributed by atoms with E-state index in [1.165, 1.54) is 0 Å². The van der Waals surface area contributed by atoms with E-state index in [0.717, 1.165) is 24.1 Å². The summed E-state index contributed by atoms with van der Waals surface area (Å²) in [5.41, 5.74) is 1.62. The molecule has 6 heteroatoms. The summed E-state index contributed by atoms with van der Waals surface area (Å²) in [4.78, 5) is 24.7. The van der Waals surface area contributed by atoms with Gasteiger partial charge in [0.15, 0.2) is 0 Å². The number of likely N-dealkylation sites (tertiary alicyclic amines) is 1. The molecule has 1 saturated heterocycles. The van der Waals surface area contributed by atoms with Gasteiger partial charge in [0.1, 0.15) is 5.60 Å². The summed E-state index contributed by atoms with van der Waals surface area (Å²) in [6.45, 7) is 9.49. The quantitative estimate of drug-likeness (QED) is 0.826. The number of carboxylic acid groups (broad SMARTS) is 1. The molecule has 2 rings (SSSR count). The van der Waals surface area contributed by atoms with Crippen molar-refractivity contribution < 1.29 is 19.4 Å². The van der Waals surface area contributed by atoms with Gasteiger partial charge in [-0.3, -0.25) is 0 Å². The average Bonchev–Trinajstić information content (AvgIpc) is 2.40. The lowest BCUT2D eigenvalue weighted by molar-refractivity contribution is -0.132. The Balaban J connectivity index is 1.75. The van der Waals surface area contributed by atoms with E-state index in [9.17, 15) is 9.59 Å². The Morgan fingerprint density at radius 1 is 1.42 bits per heavy atom. The number of aliphatic carboxylic acids is 1. The Morgan fingerprint density at radius 3 is 2.67 bits per heavy atom. The molecule has 0 aromatic carbocycles. The second-order valence-electron chi connectivity index (χ2n) is 7.33. The third kappa shape index (κ3) is 4.88. The number of rotatable bonds is 4. The molecule has 1 heterocycles. The van der Waals surface area contributed by atoms with Crippen molar-refractivity contribution in [2.24, 2.45) is 5.92 Å². The van der Waals surface area contributed by atoms with Gasteiger partial charge in [-0.05, 0) is 51.3 Å². The molecule has 132 valence electrons. The minimum atomic E-state index is -0.902. The van der Waals surface area contributed by atoms with Gasteiger partial charge in [0.25, 0.3) is 0 Å². The predicted molar refractivity (Wildman–Crippen MR) is 91.5 cm³/mol. The second kappa shape index (κ2) is 7.11. The van der Waals surface area contributed by atoms with Crippen molar-refractivity contribution in [2.75, 3.05) is 19.6 Å². The smallest absolute Gasteiger partial charge is 0.410 e. The van der Waals surface area contributed by atoms with E-state index >= 15 is 0 Å². The highest BCUT2D eigenvalue weighted by Gasteiger charge is 2.33. The minimum absolute atomic E-state index is 0.265. The third-order valence-corrected chi connectivity index (χ3v) is 3.93. The standard InChI is InChI=1S/C18H26N2O4/c1-12-5-6-13(7-15(12)16(21)22)8-19-9-14-10-20(11-14)17(23)24-18(2,3)4/h5,7-8,14,19H,6,9-11H2,1-4H3,(H,21,22)/b13-8+. The third-order valence-electron chi connectivity index (χ3n) is 3.93. The van der Waals surface area contributed by atoms with Gasteiger partial charge in [0.05, 0.1) is 5.57 Å². The van der Waals surface area contributed by atoms with Gasteiger partial charge in [-0.25, -0.2) is 9.59 Å². The first-order valence-corrected chi connectivity index (χ1v) is 8.18. The fourth-order valence-electron chi connectivity index (χ4n) is 2.60. The van der Waals surface area contributed by atoms with Crippen LogP contribution in [0.3, 0.4) is 0 Å². The molecule has 0 atom stereocenters. The van der Waals surface area contributed by atoms with E-state index in [-0.39, 0.29) is 6.09 Å². The number of amides is 1. The van der Waals surface area contributed by atoms with Gasteiger partial charge in [0.2, 0.25) is 0 Å². The van der Waals surface area contributed by atoms with Crippen molar-refractivity contribution in [3.05, 3.63) is 35.1 Å². The molecule has 0 aromatic rings. The number of nitrogens with one attached hydrogen (secondary N) is 1. The van der Waals surface area contributed by atoms with Crippen LogP contribution >= 0.6 is 0 Å². The van der Waals surface area contributed by atoms with Crippen LogP contribution in [0.25, 0.3) is 0 Å². The summed E-state index contributed by atoms with van der Waals surface area (Å²) < 4.78 is 5.32. The number of carbonyl (C=O) groups excluding carboxylic acids is 1. The number of allylic oxidation sites excluding steroid dienone is 3. The van der Waals surface area contributed by atoms with Gasteiger partial charge in [-0.2, -0.15) is 0 Å². The van der Waals surface area contributed by atoms with Crippen LogP contribution in [0.1, 0.15) is 34.1 Å². The number of hydrogen-bond donors (Lipinski definition) is 2. The molecule has 1 aliphatic heterocycles. The fraction of sp³-hybridized carbons (Fsp3) is 0.556. The van der Waals surface area contributed by atoms with Crippen LogP contribution in [0.15, 0.2) is 35.1 Å². The Bertz CT molecular complexity index is 605. The van der Waals surface area contributed by atoms with Gasteiger partial charge in [0, 0.05) is 31.8 Å². The molecular weight excluding hydrogens is 308 g/mol. The topological polar surface area (TPSA) is 78.9 Å². The lowest BCUT2D eigenvalue weighted by Gasteiger charge is -2.39. The zero-order chi connectivity index (χ0) is 17.9. The van der Waals surface area contributed by atoms with Crippen molar-refractivity contribution in [3.63, 3.8) is 0 Å². The molecular formula is C18H26N2O4. The van der Waals surface area contributed by atoms with Crippen LogP contribution in [0.4, 0.5) is 4.79 Å². The fourth-order valence-corrected chi connectivity index (χ4v) is 2.60. The van der Waals surface area contributed by atoms with E-state index in [1.54, 1.807) is 11.0 Å². The summed E-state index contributed by atoms with van der Waals surface area (Å²) in [5, 5.41) is 12.4. The second-order valence-corrected chi connectivity index (χ2v) is 7.33. The molecule has 0 saturated carbocycles. The Labute approximate surface area is 142 Å². The summed E-state index contributed by atoms with van der Waals surface area (Å²) >= 11 is 0. The lowest BCUT2D eigenvalue weighted by atomic mass is 9.96. The highest BCUT2D eigenvalue weighted by atomic mass is 16.6. The first-order valence-electron chi connectivity index (χ1n) is 8.18. The van der Waals surface area contributed by atoms with E-state index < -0.39 is 11.6 Å². The maximum atomic E-state index is 11.8. The van der Waals surface area contributed by atoms with Gasteiger partial charge >= 0.3 is 12.1 Å². The lowest BCUT2D eigenvalue weighted by Crippen LogP contribution is -2.54. The van der Waals surface area contributed by atoms with Crippen molar-refractivity contribution in [2.45, 2.75) is 39.7 Å². The minimum Gasteiger partial charge on any atom is -0.478 e. The molecule has 0 spiro atoms. The van der Waals surface area contributed by atoms with E-state index in [0.29, 0.717) is 24.6 Å². The first kappa shape index (κ1) is 18.1. The molecule has 0 bridgehead atoms. The number of ether oxygens (including phenoxy) is 1. The molecule has 2 N–H and O–H groups in total. The van der Waals surface area contributed by atoms with Crippen LogP contribution in [0.5, 0.6) is 0 Å². The maximum Gasteiger partial charge on any atom is 0.410 e. The van der Waals surface area contributed by atoms with Gasteiger partial charge < -0.3 is 20.1 Å². The Hall–Kier alpha value is -2.24. The monoisotopic (exact) mass is 334 g/mol. The Kier molecular flexibility index (Phi) is 5.36. The molecule has 0 aromatic heterocycles. The zero-order valence-corrected chi connectivity index (χ0v) is 14.8. The molecule has 0 radical (unpaired) electrons. The normalized spacial score (nSPS) is 20.2. The van der Waals surface area contributed by atoms with Crippen molar-refractivity contribution in [3.8, 4) is 0 Å². The molecule has 6 nitrogen and oxygen atoms in total. The van der Waals surface area contributed by atoms with E-state index in [4.69, 9.17) is 9.84 Å². The number of nitrogens with zero attached hydrogens (tertiary/aromatic N) is 1. The first-order chi connectivity index (χ1) is 11.2. The molecule has 1 amide bonds. The Morgan fingerprint density at radius 2 is 2.08 bits per heavy atom. The van der Waals surface area contributed by atoms with E-state index in [1.807, 2.05) is 40.0 Å². The molecule has 1 aliphatic carbocycles. The summed E-state index contributed by atoms with van der Waals surface area (Å²) in [6, 6.07) is 0. The summed E-state index contributed by atoms with van der Waals surface area (Å²) in [5.74, 6) is -0.514. The van der Waals surface area contributed by atoms with Crippen molar-refractivity contribution in [1.82, 2.24) is 10.2 Å². The molecule has 2 aliphatic rings. The van der Waals surface area contributed by atoms with Gasteiger partial charge in [-0.15, -0.1) is 0 Å². The van der Waals surface area contributed by atoms with E-state index in [2.05, 4.69) is 5.32 Å². The maximum absolute atomic E-state index is 11.8. The van der Waals surface area contributed by atoms with Crippen LogP contribution in [-0.4, -0.2) is 47.3 Å². The van der Waals surface area contributed by atoms with Crippen LogP contribution in [0.2, 0.25) is 0 Å². The van der Waals surface area contributed by atoms with Crippen LogP contribution in [-0.2, 0) is 9.53 Å². The zero-order valence-electron chi connectivity index (χ0n) is 14.8. The summed E-state index contributed by atoms with van der Waals surface area (Å²) in [7, 11) is 0. The van der Waals surface area contributed by atoms with Gasteiger partial charge in [-0.1, -0.05) is 6.08 Å². The van der Waals surface area contributed by atoms with Crippen molar-refractivity contribution >= 4 is 12.1 Å². The molecule has 0 unspecified atom stereocenters. The molecule has 1 fully saturated rings.